The minimum absolute atomic E-state index is 0.0778. The molecule has 1 saturated heterocycles. The Balaban J connectivity index is 2.24. The van der Waals surface area contributed by atoms with Gasteiger partial charge in [0.1, 0.15) is 25.4 Å². The molecule has 2 rings (SSSR count). The molecule has 218 valence electrons. The van der Waals surface area contributed by atoms with E-state index >= 15 is 0 Å². The summed E-state index contributed by atoms with van der Waals surface area (Å²) in [6, 6.07) is 5.94. The third-order valence-electron chi connectivity index (χ3n) is 5.27. The highest BCUT2D eigenvalue weighted by Crippen LogP contribution is 2.30. The molecule has 1 aliphatic heterocycles. The number of methoxy groups -OCH3 is 1. The number of esters is 4. The van der Waals surface area contributed by atoms with E-state index in [2.05, 4.69) is 15.3 Å². The van der Waals surface area contributed by atoms with Gasteiger partial charge < -0.3 is 38.5 Å². The first-order chi connectivity index (χ1) is 19.0. The van der Waals surface area contributed by atoms with Crippen LogP contribution in [0.15, 0.2) is 35.4 Å². The lowest BCUT2D eigenvalue weighted by Gasteiger charge is -2.43. The van der Waals surface area contributed by atoms with Gasteiger partial charge in [0, 0.05) is 25.7 Å². The number of rotatable bonds is 12. The molecule has 1 fully saturated rings. The van der Waals surface area contributed by atoms with Crippen molar-refractivity contribution in [3.05, 3.63) is 46.3 Å². The van der Waals surface area contributed by atoms with Gasteiger partial charge in [-0.3, -0.25) is 14.4 Å². The van der Waals surface area contributed by atoms with Gasteiger partial charge in [0.2, 0.25) is 0 Å². The number of nitrogens with zero attached hydrogens (tertiary/aromatic N) is 3. The Kier molecular flexibility index (Phi) is 12.6. The molecule has 16 nitrogen and oxygen atoms in total. The predicted octanol–water partition coefficient (Wildman–Crippen LogP) is 1.30. The van der Waals surface area contributed by atoms with Crippen LogP contribution in [0.2, 0.25) is 0 Å². The van der Waals surface area contributed by atoms with Crippen molar-refractivity contribution in [2.75, 3.05) is 20.3 Å². The Morgan fingerprint density at radius 2 is 1.65 bits per heavy atom. The van der Waals surface area contributed by atoms with Crippen LogP contribution in [-0.2, 0) is 58.9 Å². The second-order valence-corrected chi connectivity index (χ2v) is 8.30. The Hall–Kier alpha value is -4.40. The van der Waals surface area contributed by atoms with Crippen molar-refractivity contribution in [2.45, 2.75) is 64.1 Å². The van der Waals surface area contributed by atoms with E-state index in [1.807, 2.05) is 0 Å². The van der Waals surface area contributed by atoms with Gasteiger partial charge in [-0.2, -0.15) is 0 Å². The third kappa shape index (κ3) is 10.1. The summed E-state index contributed by atoms with van der Waals surface area (Å²) in [7, 11) is 1.09. The molecule has 0 bridgehead atoms. The van der Waals surface area contributed by atoms with Crippen molar-refractivity contribution >= 4 is 30.0 Å². The molecule has 0 unspecified atom stereocenters. The zero-order valence-corrected chi connectivity index (χ0v) is 22.2. The second kappa shape index (κ2) is 15.9. The number of ether oxygens (including phenoxy) is 7. The summed E-state index contributed by atoms with van der Waals surface area (Å²) in [5.74, 6) is -3.20. The van der Waals surface area contributed by atoms with Crippen molar-refractivity contribution in [2.24, 2.45) is 5.11 Å². The lowest BCUT2D eigenvalue weighted by atomic mass is 9.96. The summed E-state index contributed by atoms with van der Waals surface area (Å²) in [6.07, 6.45) is -6.52. The number of azide groups is 1. The molecule has 40 heavy (non-hydrogen) atoms. The summed E-state index contributed by atoms with van der Waals surface area (Å²) < 4.78 is 36.8. The van der Waals surface area contributed by atoms with Crippen LogP contribution in [0.4, 0.5) is 4.79 Å². The Morgan fingerprint density at radius 3 is 2.23 bits per heavy atom. The summed E-state index contributed by atoms with van der Waals surface area (Å²) in [6.45, 7) is 2.17. The van der Waals surface area contributed by atoms with E-state index in [9.17, 15) is 24.0 Å². The van der Waals surface area contributed by atoms with Crippen molar-refractivity contribution in [3.8, 4) is 0 Å². The van der Waals surface area contributed by atoms with Gasteiger partial charge in [-0.25, -0.2) is 9.59 Å². The number of hydrogen-bond donors (Lipinski definition) is 1. The summed E-state index contributed by atoms with van der Waals surface area (Å²) >= 11 is 0. The standard InChI is InChI=1S/C24H30N4O12/c1-13(29)35-12-18-20(38-14(2)30)21(39-15(3)31)19(27-28-25)23(40-18)36-11-17(22(32)34-4)26-24(33)37-10-16-8-6-5-7-9-16/h5-9,17-21,23H,10-12H2,1-4H3,(H,26,33)/t17-,18+,19+,20-,21+,23-/m0/s1. The largest absolute Gasteiger partial charge is 0.467 e. The van der Waals surface area contributed by atoms with Gasteiger partial charge >= 0.3 is 30.0 Å². The predicted molar refractivity (Wildman–Crippen MR) is 131 cm³/mol. The molecule has 1 amide bonds. The number of alkyl carbamates (subject to hydrolysis) is 1. The highest BCUT2D eigenvalue weighted by Gasteiger charge is 2.51. The van der Waals surface area contributed by atoms with Crippen LogP contribution in [0.25, 0.3) is 10.4 Å². The Bertz CT molecular complexity index is 1090. The topological polar surface area (TPSA) is 211 Å². The van der Waals surface area contributed by atoms with E-state index in [4.69, 9.17) is 38.7 Å². The first kappa shape index (κ1) is 31.8. The number of benzene rings is 1. The number of hydrogen-bond acceptors (Lipinski definition) is 13. The fourth-order valence-electron chi connectivity index (χ4n) is 3.61. The molecule has 16 heteroatoms. The number of amides is 1. The highest BCUT2D eigenvalue weighted by molar-refractivity contribution is 5.81. The molecule has 1 aromatic rings. The average Bonchev–Trinajstić information content (AvgIpc) is 2.91. The van der Waals surface area contributed by atoms with Crippen molar-refractivity contribution in [3.63, 3.8) is 0 Å². The van der Waals surface area contributed by atoms with Crippen LogP contribution in [0, 0.1) is 0 Å². The molecule has 0 spiro atoms. The van der Waals surface area contributed by atoms with Crippen LogP contribution in [0.3, 0.4) is 0 Å². The van der Waals surface area contributed by atoms with Crippen molar-refractivity contribution in [1.82, 2.24) is 5.32 Å². The van der Waals surface area contributed by atoms with Crippen LogP contribution in [-0.4, -0.2) is 87.0 Å². The quantitative estimate of drug-likeness (QED) is 0.125. The third-order valence-corrected chi connectivity index (χ3v) is 5.27. The fourth-order valence-corrected chi connectivity index (χ4v) is 3.61. The molecule has 6 atom stereocenters. The molecule has 1 N–H and O–H groups in total. The van der Waals surface area contributed by atoms with Gasteiger partial charge in [-0.05, 0) is 11.1 Å². The molecule has 1 aliphatic rings. The van der Waals surface area contributed by atoms with Crippen molar-refractivity contribution in [1.29, 1.82) is 0 Å². The van der Waals surface area contributed by atoms with E-state index in [-0.39, 0.29) is 6.61 Å². The maximum Gasteiger partial charge on any atom is 0.408 e. The first-order valence-corrected chi connectivity index (χ1v) is 11.9. The van der Waals surface area contributed by atoms with Crippen LogP contribution >= 0.6 is 0 Å². The van der Waals surface area contributed by atoms with Crippen LogP contribution in [0.5, 0.6) is 0 Å². The molecule has 0 radical (unpaired) electrons. The fraction of sp³-hybridized carbons (Fsp3) is 0.542. The van der Waals surface area contributed by atoms with Crippen molar-refractivity contribution < 1.29 is 57.1 Å². The first-order valence-electron chi connectivity index (χ1n) is 11.9. The van der Waals surface area contributed by atoms with Gasteiger partial charge in [0.05, 0.1) is 13.7 Å². The molecule has 1 aromatic carbocycles. The lowest BCUT2D eigenvalue weighted by molar-refractivity contribution is -0.274. The highest BCUT2D eigenvalue weighted by atomic mass is 16.7. The number of carbonyl (C=O) groups is 5. The number of carbonyl (C=O) groups excluding carboxylic acids is 5. The minimum Gasteiger partial charge on any atom is -0.467 e. The van der Waals surface area contributed by atoms with E-state index in [0.717, 1.165) is 27.9 Å². The van der Waals surface area contributed by atoms with E-state index < -0.39 is 79.9 Å². The maximum atomic E-state index is 12.3. The maximum absolute atomic E-state index is 12.3. The summed E-state index contributed by atoms with van der Waals surface area (Å²) in [5.41, 5.74) is 9.86. The zero-order valence-electron chi connectivity index (χ0n) is 22.2. The summed E-state index contributed by atoms with van der Waals surface area (Å²) in [4.78, 5) is 62.5. The SMILES string of the molecule is COC(=O)[C@H](CO[C@H]1O[C@H](COC(C)=O)[C@H](OC(C)=O)[C@H](OC(C)=O)[C@H]1N=[N+]=[N-])NC(=O)OCc1ccccc1. The molecule has 0 saturated carbocycles. The normalized spacial score (nSPS) is 22.4. The van der Waals surface area contributed by atoms with E-state index in [0.29, 0.717) is 5.56 Å². The Morgan fingerprint density at radius 1 is 1.00 bits per heavy atom. The van der Waals surface area contributed by atoms with Gasteiger partial charge in [-0.15, -0.1) is 0 Å². The molecule has 1 heterocycles. The summed E-state index contributed by atoms with van der Waals surface area (Å²) in [5, 5.41) is 5.89. The second-order valence-electron chi connectivity index (χ2n) is 8.30. The smallest absolute Gasteiger partial charge is 0.408 e. The number of nitrogens with one attached hydrogen (secondary N) is 1. The monoisotopic (exact) mass is 566 g/mol. The average molecular weight is 567 g/mol. The van der Waals surface area contributed by atoms with Gasteiger partial charge in [0.15, 0.2) is 24.5 Å². The van der Waals surface area contributed by atoms with Crippen LogP contribution in [0.1, 0.15) is 26.3 Å². The lowest BCUT2D eigenvalue weighted by Crippen LogP contribution is -2.61. The van der Waals surface area contributed by atoms with E-state index in [1.54, 1.807) is 30.3 Å². The van der Waals surface area contributed by atoms with Gasteiger partial charge in [-0.1, -0.05) is 35.4 Å². The van der Waals surface area contributed by atoms with Crippen LogP contribution < -0.4 is 5.32 Å². The minimum atomic E-state index is -1.53. The molecular formula is C24H30N4O12. The van der Waals surface area contributed by atoms with Gasteiger partial charge in [0.25, 0.3) is 0 Å². The Labute approximate surface area is 228 Å². The zero-order chi connectivity index (χ0) is 29.7. The molecular weight excluding hydrogens is 536 g/mol. The molecule has 0 aliphatic carbocycles. The molecule has 0 aromatic heterocycles. The van der Waals surface area contributed by atoms with E-state index in [1.165, 1.54) is 0 Å².